The van der Waals surface area contributed by atoms with Gasteiger partial charge >= 0.3 is 17.9 Å². The Morgan fingerprint density at radius 2 is 0.650 bits per heavy atom. The van der Waals surface area contributed by atoms with Gasteiger partial charge in [0.25, 0.3) is 0 Å². The zero-order valence-corrected chi connectivity index (χ0v) is 39.7. The molecule has 0 rings (SSSR count). The van der Waals surface area contributed by atoms with E-state index in [2.05, 4.69) is 69.4 Å². The molecule has 0 N–H and O–H groups in total. The van der Waals surface area contributed by atoms with Gasteiger partial charge in [0, 0.05) is 19.3 Å². The van der Waals surface area contributed by atoms with E-state index >= 15 is 0 Å². The first-order valence-corrected chi connectivity index (χ1v) is 25.6. The van der Waals surface area contributed by atoms with Gasteiger partial charge in [0.1, 0.15) is 13.2 Å². The molecule has 0 heterocycles. The summed E-state index contributed by atoms with van der Waals surface area (Å²) in [4.78, 5) is 37.6. The fourth-order valence-electron chi connectivity index (χ4n) is 7.26. The zero-order valence-electron chi connectivity index (χ0n) is 39.7. The Hall–Kier alpha value is -2.63. The molecule has 0 fully saturated rings. The van der Waals surface area contributed by atoms with E-state index in [9.17, 15) is 14.4 Å². The van der Waals surface area contributed by atoms with Gasteiger partial charge in [-0.2, -0.15) is 0 Å². The molecule has 0 aliphatic heterocycles. The van der Waals surface area contributed by atoms with Crippen molar-refractivity contribution >= 4 is 17.9 Å². The summed E-state index contributed by atoms with van der Waals surface area (Å²) in [6, 6.07) is 0. The first kappa shape index (κ1) is 57.4. The van der Waals surface area contributed by atoms with E-state index in [1.165, 1.54) is 116 Å². The molecular weight excluding hydrogens is 745 g/mol. The SMILES string of the molecule is CC/C=C\C/C=C\C/C=C\C/C=C\CCCCCCC(=O)OC(COC(=O)CCCCCCC)COC(=O)CCCCCCCCCCCCCCCCCCCCCC. The maximum absolute atomic E-state index is 12.7. The number of esters is 3. The second-order valence-corrected chi connectivity index (χ2v) is 17.1. The molecule has 60 heavy (non-hydrogen) atoms. The third-order valence-electron chi connectivity index (χ3n) is 11.1. The number of hydrogen-bond acceptors (Lipinski definition) is 6. The Kier molecular flexibility index (Phi) is 46.9. The molecular formula is C54H96O6. The van der Waals surface area contributed by atoms with Gasteiger partial charge in [-0.05, 0) is 57.8 Å². The van der Waals surface area contributed by atoms with Crippen LogP contribution in [0.3, 0.4) is 0 Å². The largest absolute Gasteiger partial charge is 0.462 e. The van der Waals surface area contributed by atoms with Crippen LogP contribution in [-0.2, 0) is 28.6 Å². The summed E-state index contributed by atoms with van der Waals surface area (Å²) >= 11 is 0. The Morgan fingerprint density at radius 3 is 1.02 bits per heavy atom. The van der Waals surface area contributed by atoms with E-state index in [1.54, 1.807) is 0 Å². The van der Waals surface area contributed by atoms with Crippen LogP contribution in [0.15, 0.2) is 48.6 Å². The average Bonchev–Trinajstić information content (AvgIpc) is 3.24. The van der Waals surface area contributed by atoms with Crippen molar-refractivity contribution in [1.29, 1.82) is 0 Å². The maximum atomic E-state index is 12.7. The van der Waals surface area contributed by atoms with Gasteiger partial charge < -0.3 is 14.2 Å². The van der Waals surface area contributed by atoms with Crippen molar-refractivity contribution in [2.24, 2.45) is 0 Å². The number of ether oxygens (including phenoxy) is 3. The van der Waals surface area contributed by atoms with E-state index in [0.717, 1.165) is 103 Å². The fourth-order valence-corrected chi connectivity index (χ4v) is 7.26. The molecule has 0 amide bonds. The van der Waals surface area contributed by atoms with Gasteiger partial charge in [0.05, 0.1) is 0 Å². The Labute approximate surface area is 371 Å². The first-order valence-electron chi connectivity index (χ1n) is 25.6. The molecule has 1 unspecified atom stereocenters. The molecule has 0 saturated carbocycles. The molecule has 0 aromatic heterocycles. The van der Waals surface area contributed by atoms with Crippen molar-refractivity contribution in [3.05, 3.63) is 48.6 Å². The Balaban J connectivity index is 4.16. The number of allylic oxidation sites excluding steroid dienone is 8. The predicted molar refractivity (Wildman–Crippen MR) is 256 cm³/mol. The van der Waals surface area contributed by atoms with Gasteiger partial charge in [-0.15, -0.1) is 0 Å². The van der Waals surface area contributed by atoms with Gasteiger partial charge in [0.15, 0.2) is 6.10 Å². The maximum Gasteiger partial charge on any atom is 0.306 e. The molecule has 0 aliphatic carbocycles. The van der Waals surface area contributed by atoms with Crippen LogP contribution in [0.2, 0.25) is 0 Å². The van der Waals surface area contributed by atoms with Crippen molar-refractivity contribution < 1.29 is 28.6 Å². The number of carbonyl (C=O) groups is 3. The highest BCUT2D eigenvalue weighted by molar-refractivity contribution is 5.71. The summed E-state index contributed by atoms with van der Waals surface area (Å²) in [5.74, 6) is -0.912. The monoisotopic (exact) mass is 841 g/mol. The molecule has 0 bridgehead atoms. The van der Waals surface area contributed by atoms with E-state index in [1.807, 2.05) is 0 Å². The summed E-state index contributed by atoms with van der Waals surface area (Å²) in [6.07, 6.45) is 58.5. The van der Waals surface area contributed by atoms with Crippen molar-refractivity contribution in [3.8, 4) is 0 Å². The molecule has 0 saturated heterocycles. The quantitative estimate of drug-likeness (QED) is 0.0263. The molecule has 0 aromatic carbocycles. The van der Waals surface area contributed by atoms with E-state index in [4.69, 9.17) is 14.2 Å². The molecule has 348 valence electrons. The number of unbranched alkanes of at least 4 members (excludes halogenated alkanes) is 27. The van der Waals surface area contributed by atoms with Crippen LogP contribution in [0, 0.1) is 0 Å². The lowest BCUT2D eigenvalue weighted by molar-refractivity contribution is -0.167. The van der Waals surface area contributed by atoms with Crippen molar-refractivity contribution in [2.75, 3.05) is 13.2 Å². The molecule has 0 spiro atoms. The van der Waals surface area contributed by atoms with Gasteiger partial charge in [-0.3, -0.25) is 14.4 Å². The van der Waals surface area contributed by atoms with Crippen LogP contribution < -0.4 is 0 Å². The average molecular weight is 841 g/mol. The van der Waals surface area contributed by atoms with Gasteiger partial charge in [-0.25, -0.2) is 0 Å². The van der Waals surface area contributed by atoms with E-state index < -0.39 is 6.10 Å². The topological polar surface area (TPSA) is 78.9 Å². The van der Waals surface area contributed by atoms with Crippen molar-refractivity contribution in [3.63, 3.8) is 0 Å². The minimum absolute atomic E-state index is 0.0809. The molecule has 6 nitrogen and oxygen atoms in total. The van der Waals surface area contributed by atoms with Crippen LogP contribution in [0.25, 0.3) is 0 Å². The van der Waals surface area contributed by atoms with E-state index in [0.29, 0.717) is 19.3 Å². The summed E-state index contributed by atoms with van der Waals surface area (Å²) in [7, 11) is 0. The minimum Gasteiger partial charge on any atom is -0.462 e. The van der Waals surface area contributed by atoms with Crippen LogP contribution in [0.1, 0.15) is 258 Å². The number of hydrogen-bond donors (Lipinski definition) is 0. The standard InChI is InChI=1S/C54H96O6/c1-4-7-10-13-15-17-19-21-23-25-26-27-29-30-32-34-36-38-41-44-47-53(56)59-50-51(49-58-52(55)46-43-40-12-9-6-3)60-54(57)48-45-42-39-37-35-33-31-28-24-22-20-18-16-14-11-8-5-2/h8,11,16,18,22,24,31,33,51H,4-7,9-10,12-15,17,19-21,23,25-30,32,34-50H2,1-3H3/b11-8-,18-16-,24-22-,33-31-. The van der Waals surface area contributed by atoms with Crippen LogP contribution in [0.4, 0.5) is 0 Å². The van der Waals surface area contributed by atoms with Crippen LogP contribution in [-0.4, -0.2) is 37.2 Å². The summed E-state index contributed by atoms with van der Waals surface area (Å²) < 4.78 is 16.7. The molecule has 0 aromatic rings. The Morgan fingerprint density at radius 1 is 0.350 bits per heavy atom. The minimum atomic E-state index is -0.779. The highest BCUT2D eigenvalue weighted by Gasteiger charge is 2.19. The summed E-state index contributed by atoms with van der Waals surface area (Å²) in [6.45, 7) is 6.44. The zero-order chi connectivity index (χ0) is 43.7. The Bertz CT molecular complexity index is 1060. The van der Waals surface area contributed by atoms with Gasteiger partial charge in [0.2, 0.25) is 0 Å². The van der Waals surface area contributed by atoms with Crippen molar-refractivity contribution in [2.45, 2.75) is 264 Å². The van der Waals surface area contributed by atoms with Crippen LogP contribution in [0.5, 0.6) is 0 Å². The van der Waals surface area contributed by atoms with Crippen LogP contribution >= 0.6 is 0 Å². The summed E-state index contributed by atoms with van der Waals surface area (Å²) in [5, 5.41) is 0. The molecule has 1 atom stereocenters. The normalized spacial score (nSPS) is 12.4. The lowest BCUT2D eigenvalue weighted by atomic mass is 10.0. The van der Waals surface area contributed by atoms with E-state index in [-0.39, 0.29) is 31.1 Å². The number of carbonyl (C=O) groups excluding carboxylic acids is 3. The molecule has 0 aliphatic rings. The lowest BCUT2D eigenvalue weighted by Gasteiger charge is -2.18. The highest BCUT2D eigenvalue weighted by atomic mass is 16.6. The third-order valence-corrected chi connectivity index (χ3v) is 11.1. The highest BCUT2D eigenvalue weighted by Crippen LogP contribution is 2.16. The molecule has 6 heteroatoms. The predicted octanol–water partition coefficient (Wildman–Crippen LogP) is 16.7. The van der Waals surface area contributed by atoms with Crippen molar-refractivity contribution in [1.82, 2.24) is 0 Å². The summed E-state index contributed by atoms with van der Waals surface area (Å²) in [5.41, 5.74) is 0. The molecule has 0 radical (unpaired) electrons. The number of rotatable bonds is 46. The first-order chi connectivity index (χ1) is 29.5. The smallest absolute Gasteiger partial charge is 0.306 e. The second kappa shape index (κ2) is 49.0. The second-order valence-electron chi connectivity index (χ2n) is 17.1. The fraction of sp³-hybridized carbons (Fsp3) is 0.796. The lowest BCUT2D eigenvalue weighted by Crippen LogP contribution is -2.30. The van der Waals surface area contributed by atoms with Gasteiger partial charge in [-0.1, -0.05) is 230 Å². The third kappa shape index (κ3) is 46.4.